The van der Waals surface area contributed by atoms with Crippen molar-refractivity contribution in [2.24, 2.45) is 0 Å². The van der Waals surface area contributed by atoms with Gasteiger partial charge in [0, 0.05) is 25.7 Å². The van der Waals surface area contributed by atoms with Gasteiger partial charge in [-0.25, -0.2) is 0 Å². The maximum atomic E-state index is 11.5. The first-order valence-electron chi connectivity index (χ1n) is 4.35. The Morgan fingerprint density at radius 2 is 2.23 bits per heavy atom. The fourth-order valence-electron chi connectivity index (χ4n) is 0.899. The first-order chi connectivity index (χ1) is 6.13. The van der Waals surface area contributed by atoms with Gasteiger partial charge in [-0.1, -0.05) is 18.7 Å². The topological polar surface area (TPSA) is 32.3 Å². The van der Waals surface area contributed by atoms with E-state index in [9.17, 15) is 4.79 Å². The molecule has 0 fully saturated rings. The predicted octanol–water partition coefficient (Wildman–Crippen LogP) is 0.796. The van der Waals surface area contributed by atoms with Gasteiger partial charge in [0.2, 0.25) is 0 Å². The Morgan fingerprint density at radius 1 is 1.62 bits per heavy atom. The smallest absolute Gasteiger partial charge is 0.253 e. The average molecular weight is 182 g/mol. The van der Waals surface area contributed by atoms with Crippen molar-refractivity contribution >= 4 is 5.91 Å². The number of nitrogens with one attached hydrogen (secondary N) is 1. The highest BCUT2D eigenvalue weighted by Gasteiger charge is 2.08. The van der Waals surface area contributed by atoms with Crippen LogP contribution >= 0.6 is 0 Å². The van der Waals surface area contributed by atoms with Crippen LogP contribution in [0.2, 0.25) is 0 Å². The third kappa shape index (κ3) is 4.48. The van der Waals surface area contributed by atoms with E-state index in [0.29, 0.717) is 12.1 Å². The summed E-state index contributed by atoms with van der Waals surface area (Å²) in [6.45, 7) is 7.04. The van der Waals surface area contributed by atoms with Crippen LogP contribution in [0.3, 0.4) is 0 Å². The molecule has 74 valence electrons. The van der Waals surface area contributed by atoms with Crippen LogP contribution in [0.1, 0.15) is 6.92 Å². The van der Waals surface area contributed by atoms with Gasteiger partial charge in [-0.15, -0.1) is 0 Å². The van der Waals surface area contributed by atoms with Gasteiger partial charge in [0.15, 0.2) is 0 Å². The summed E-state index contributed by atoms with van der Waals surface area (Å²) in [5, 5.41) is 2.98. The van der Waals surface area contributed by atoms with Crippen molar-refractivity contribution < 1.29 is 4.79 Å². The van der Waals surface area contributed by atoms with E-state index in [1.807, 2.05) is 20.0 Å². The van der Waals surface area contributed by atoms with Crippen LogP contribution in [-0.4, -0.2) is 38.0 Å². The maximum Gasteiger partial charge on any atom is 0.253 e. The SMILES string of the molecule is C=C(/C=C\C)C(=O)N(C)CCNC. The molecule has 0 radical (unpaired) electrons. The van der Waals surface area contributed by atoms with E-state index in [2.05, 4.69) is 11.9 Å². The lowest BCUT2D eigenvalue weighted by atomic mass is 10.2. The van der Waals surface area contributed by atoms with Crippen LogP contribution in [0.4, 0.5) is 0 Å². The zero-order chi connectivity index (χ0) is 10.3. The molecule has 3 heteroatoms. The van der Waals surface area contributed by atoms with Crippen LogP contribution in [0.15, 0.2) is 24.3 Å². The normalized spacial score (nSPS) is 10.4. The van der Waals surface area contributed by atoms with Gasteiger partial charge in [0.1, 0.15) is 0 Å². The van der Waals surface area contributed by atoms with Crippen LogP contribution in [-0.2, 0) is 4.79 Å². The summed E-state index contributed by atoms with van der Waals surface area (Å²) in [7, 11) is 3.63. The Balaban J connectivity index is 4.02. The molecule has 0 bridgehead atoms. The minimum Gasteiger partial charge on any atom is -0.340 e. The molecule has 1 amide bonds. The molecule has 3 nitrogen and oxygen atoms in total. The fraction of sp³-hybridized carbons (Fsp3) is 0.500. The minimum absolute atomic E-state index is 0.0200. The molecule has 0 saturated heterocycles. The number of nitrogens with zero attached hydrogens (tertiary/aromatic N) is 1. The van der Waals surface area contributed by atoms with E-state index in [4.69, 9.17) is 0 Å². The number of likely N-dealkylation sites (N-methyl/N-ethyl adjacent to an activating group) is 2. The molecule has 0 spiro atoms. The van der Waals surface area contributed by atoms with Crippen molar-refractivity contribution in [1.82, 2.24) is 10.2 Å². The zero-order valence-electron chi connectivity index (χ0n) is 8.63. The van der Waals surface area contributed by atoms with E-state index in [0.717, 1.165) is 6.54 Å². The van der Waals surface area contributed by atoms with Crippen molar-refractivity contribution in [3.63, 3.8) is 0 Å². The van der Waals surface area contributed by atoms with E-state index in [-0.39, 0.29) is 5.91 Å². The number of hydrogen-bond acceptors (Lipinski definition) is 2. The molecule has 0 saturated carbocycles. The molecular weight excluding hydrogens is 164 g/mol. The monoisotopic (exact) mass is 182 g/mol. The molecule has 0 rings (SSSR count). The highest BCUT2D eigenvalue weighted by Crippen LogP contribution is 1.98. The van der Waals surface area contributed by atoms with Crippen molar-refractivity contribution in [2.45, 2.75) is 6.92 Å². The van der Waals surface area contributed by atoms with E-state index in [1.54, 1.807) is 18.0 Å². The summed E-state index contributed by atoms with van der Waals surface area (Å²) < 4.78 is 0. The third-order valence-corrected chi connectivity index (χ3v) is 1.69. The number of carbonyl (C=O) groups is 1. The summed E-state index contributed by atoms with van der Waals surface area (Å²) in [5.41, 5.74) is 0.529. The Labute approximate surface area is 80.1 Å². The molecule has 1 N–H and O–H groups in total. The van der Waals surface area contributed by atoms with E-state index >= 15 is 0 Å². The van der Waals surface area contributed by atoms with Crippen LogP contribution in [0.5, 0.6) is 0 Å². The van der Waals surface area contributed by atoms with Gasteiger partial charge in [-0.3, -0.25) is 4.79 Å². The summed E-state index contributed by atoms with van der Waals surface area (Å²) >= 11 is 0. The third-order valence-electron chi connectivity index (χ3n) is 1.69. The van der Waals surface area contributed by atoms with E-state index < -0.39 is 0 Å². The molecule has 0 unspecified atom stereocenters. The largest absolute Gasteiger partial charge is 0.340 e. The van der Waals surface area contributed by atoms with Gasteiger partial charge in [0.25, 0.3) is 5.91 Å². The lowest BCUT2D eigenvalue weighted by molar-refractivity contribution is -0.125. The molecular formula is C10H18N2O. The second kappa shape index (κ2) is 6.43. The minimum atomic E-state index is -0.0200. The molecule has 0 aromatic heterocycles. The number of allylic oxidation sites excluding steroid dienone is 1. The second-order valence-corrected chi connectivity index (χ2v) is 2.86. The quantitative estimate of drug-likeness (QED) is 0.504. The molecule has 0 heterocycles. The Morgan fingerprint density at radius 3 is 2.69 bits per heavy atom. The molecule has 0 aliphatic rings. The number of amides is 1. The highest BCUT2D eigenvalue weighted by atomic mass is 16.2. The summed E-state index contributed by atoms with van der Waals surface area (Å²) in [5.74, 6) is -0.0200. The molecule has 0 aliphatic carbocycles. The van der Waals surface area contributed by atoms with Crippen molar-refractivity contribution in [2.75, 3.05) is 27.2 Å². The summed E-state index contributed by atoms with van der Waals surface area (Å²) in [4.78, 5) is 13.1. The highest BCUT2D eigenvalue weighted by molar-refractivity contribution is 5.95. The van der Waals surface area contributed by atoms with Crippen LogP contribution < -0.4 is 5.32 Å². The molecule has 0 aliphatic heterocycles. The average Bonchev–Trinajstić information content (AvgIpc) is 2.13. The van der Waals surface area contributed by atoms with E-state index in [1.165, 1.54) is 0 Å². The lowest BCUT2D eigenvalue weighted by Crippen LogP contribution is -2.33. The van der Waals surface area contributed by atoms with Crippen LogP contribution in [0, 0.1) is 0 Å². The Kier molecular flexibility index (Phi) is 5.89. The van der Waals surface area contributed by atoms with Gasteiger partial charge < -0.3 is 10.2 Å². The Hall–Kier alpha value is -1.09. The number of rotatable bonds is 5. The van der Waals surface area contributed by atoms with Gasteiger partial charge in [-0.2, -0.15) is 0 Å². The molecule has 13 heavy (non-hydrogen) atoms. The van der Waals surface area contributed by atoms with Gasteiger partial charge in [-0.05, 0) is 14.0 Å². The lowest BCUT2D eigenvalue weighted by Gasteiger charge is -2.16. The Bertz CT molecular complexity index is 209. The number of hydrogen-bond donors (Lipinski definition) is 1. The first kappa shape index (κ1) is 11.9. The number of carbonyl (C=O) groups excluding carboxylic acids is 1. The van der Waals surface area contributed by atoms with Gasteiger partial charge >= 0.3 is 0 Å². The van der Waals surface area contributed by atoms with Gasteiger partial charge in [0.05, 0.1) is 0 Å². The molecule has 0 aromatic carbocycles. The zero-order valence-corrected chi connectivity index (χ0v) is 8.63. The van der Waals surface area contributed by atoms with Crippen LogP contribution in [0.25, 0.3) is 0 Å². The predicted molar refractivity (Wildman–Crippen MR) is 55.5 cm³/mol. The second-order valence-electron chi connectivity index (χ2n) is 2.86. The summed E-state index contributed by atoms with van der Waals surface area (Å²) in [6, 6.07) is 0. The standard InChI is InChI=1S/C10H18N2O/c1-5-6-9(2)10(13)12(4)8-7-11-3/h5-6,11H,2,7-8H2,1,3-4H3/b6-5-. The fourth-order valence-corrected chi connectivity index (χ4v) is 0.899. The summed E-state index contributed by atoms with van der Waals surface area (Å²) in [6.07, 6.45) is 3.53. The van der Waals surface area contributed by atoms with Crippen molar-refractivity contribution in [3.8, 4) is 0 Å². The maximum absolute atomic E-state index is 11.5. The van der Waals surface area contributed by atoms with Crippen molar-refractivity contribution in [1.29, 1.82) is 0 Å². The molecule has 0 aromatic rings. The molecule has 0 atom stereocenters. The first-order valence-corrected chi connectivity index (χ1v) is 4.35. The van der Waals surface area contributed by atoms with Crippen molar-refractivity contribution in [3.05, 3.63) is 24.3 Å².